The fourth-order valence-corrected chi connectivity index (χ4v) is 1.62. The number of esters is 1. The van der Waals surface area contributed by atoms with Gasteiger partial charge in [-0.05, 0) is 18.6 Å². The molecular formula is C20H24O5. The van der Waals surface area contributed by atoms with Crippen molar-refractivity contribution < 1.29 is 24.5 Å². The van der Waals surface area contributed by atoms with Gasteiger partial charge in [-0.15, -0.1) is 0 Å². The number of hydrogen-bond donors (Lipinski definition) is 2. The summed E-state index contributed by atoms with van der Waals surface area (Å²) >= 11 is 0. The van der Waals surface area contributed by atoms with E-state index in [-0.39, 0.29) is 18.6 Å². The molecule has 0 bridgehead atoms. The van der Waals surface area contributed by atoms with E-state index in [1.54, 1.807) is 60.7 Å². The lowest BCUT2D eigenvalue weighted by Crippen LogP contribution is -2.24. The van der Waals surface area contributed by atoms with E-state index in [9.17, 15) is 9.59 Å². The fourth-order valence-electron chi connectivity index (χ4n) is 1.62. The van der Waals surface area contributed by atoms with Crippen LogP contribution >= 0.6 is 0 Å². The average molecular weight is 344 g/mol. The molecule has 0 saturated carbocycles. The summed E-state index contributed by atoms with van der Waals surface area (Å²) < 4.78 is 4.94. The van der Waals surface area contributed by atoms with E-state index in [0.29, 0.717) is 11.3 Å². The highest BCUT2D eigenvalue weighted by atomic mass is 16.5. The summed E-state index contributed by atoms with van der Waals surface area (Å²) in [7, 11) is 0. The summed E-state index contributed by atoms with van der Waals surface area (Å²) in [6.07, 6.45) is 0.819. The van der Waals surface area contributed by atoms with E-state index < -0.39 is 11.8 Å². The van der Waals surface area contributed by atoms with Crippen LogP contribution in [0.2, 0.25) is 0 Å². The molecule has 0 aliphatic rings. The van der Waals surface area contributed by atoms with E-state index in [0.717, 1.165) is 6.42 Å². The third-order valence-corrected chi connectivity index (χ3v) is 3.79. The Labute approximate surface area is 147 Å². The van der Waals surface area contributed by atoms with Crippen molar-refractivity contribution in [3.63, 3.8) is 0 Å². The lowest BCUT2D eigenvalue weighted by molar-refractivity contribution is -0.129. The van der Waals surface area contributed by atoms with Crippen molar-refractivity contribution >= 4 is 11.8 Å². The lowest BCUT2D eigenvalue weighted by atomic mass is 9.90. The van der Waals surface area contributed by atoms with Crippen LogP contribution in [-0.2, 0) is 4.79 Å². The number of aliphatic hydroxyl groups excluding tert-OH is 2. The number of Topliss-reactive ketones (excluding diaryl/α,β-unsaturated/α-hetero) is 1. The Balaban J connectivity index is 0.000000333. The van der Waals surface area contributed by atoms with E-state index in [1.807, 2.05) is 13.8 Å². The Morgan fingerprint density at radius 2 is 1.40 bits per heavy atom. The fraction of sp³-hybridized carbons (Fsp3) is 0.300. The van der Waals surface area contributed by atoms with Gasteiger partial charge in [-0.1, -0.05) is 62.4 Å². The molecule has 2 aromatic rings. The Morgan fingerprint density at radius 3 is 1.80 bits per heavy atom. The van der Waals surface area contributed by atoms with Gasteiger partial charge in [-0.25, -0.2) is 4.79 Å². The third kappa shape index (κ3) is 6.87. The molecule has 0 fully saturated rings. The first kappa shape index (κ1) is 20.5. The Kier molecular flexibility index (Phi) is 8.53. The lowest BCUT2D eigenvalue weighted by Gasteiger charge is -2.21. The number of hydrogen-bond acceptors (Lipinski definition) is 5. The highest BCUT2D eigenvalue weighted by Gasteiger charge is 2.19. The SMILES string of the molecule is CCC(C)(CO)CO.O=C(Oc1ccccc1)C(=O)c1ccccc1. The molecular weight excluding hydrogens is 320 g/mol. The number of para-hydroxylation sites is 1. The van der Waals surface area contributed by atoms with Crippen LogP contribution in [-0.4, -0.2) is 35.2 Å². The van der Waals surface area contributed by atoms with Crippen LogP contribution in [0.25, 0.3) is 0 Å². The second kappa shape index (κ2) is 10.4. The topological polar surface area (TPSA) is 83.8 Å². The summed E-state index contributed by atoms with van der Waals surface area (Å²) in [4.78, 5) is 23.2. The first-order valence-corrected chi connectivity index (χ1v) is 8.04. The average Bonchev–Trinajstić information content (AvgIpc) is 2.68. The van der Waals surface area contributed by atoms with Crippen molar-refractivity contribution in [3.05, 3.63) is 66.2 Å². The minimum absolute atomic E-state index is 0.0694. The van der Waals surface area contributed by atoms with Crippen LogP contribution in [0.15, 0.2) is 60.7 Å². The first-order chi connectivity index (χ1) is 12.0. The largest absolute Gasteiger partial charge is 0.421 e. The van der Waals surface area contributed by atoms with Gasteiger partial charge in [0.25, 0.3) is 5.78 Å². The molecule has 2 N–H and O–H groups in total. The zero-order valence-electron chi connectivity index (χ0n) is 14.5. The Hall–Kier alpha value is -2.50. The van der Waals surface area contributed by atoms with Crippen LogP contribution in [0.4, 0.5) is 0 Å². The number of rotatable bonds is 6. The molecule has 2 aromatic carbocycles. The van der Waals surface area contributed by atoms with Crippen molar-refractivity contribution in [2.45, 2.75) is 20.3 Å². The predicted octanol–water partition coefficient (Wildman–Crippen LogP) is 2.86. The van der Waals surface area contributed by atoms with E-state index in [1.165, 1.54) is 0 Å². The Morgan fingerprint density at radius 1 is 0.920 bits per heavy atom. The second-order valence-corrected chi connectivity index (χ2v) is 5.88. The molecule has 5 heteroatoms. The van der Waals surface area contributed by atoms with Gasteiger partial charge in [-0.2, -0.15) is 0 Å². The molecule has 0 heterocycles. The van der Waals surface area contributed by atoms with Crippen molar-refractivity contribution in [2.75, 3.05) is 13.2 Å². The molecule has 0 radical (unpaired) electrons. The molecule has 2 rings (SSSR count). The van der Waals surface area contributed by atoms with E-state index in [4.69, 9.17) is 14.9 Å². The molecule has 25 heavy (non-hydrogen) atoms. The first-order valence-electron chi connectivity index (χ1n) is 8.04. The number of carbonyl (C=O) groups is 2. The monoisotopic (exact) mass is 344 g/mol. The zero-order chi connectivity index (χ0) is 18.7. The van der Waals surface area contributed by atoms with Gasteiger partial charge in [0, 0.05) is 11.0 Å². The maximum atomic E-state index is 11.7. The molecule has 0 aliphatic heterocycles. The van der Waals surface area contributed by atoms with Gasteiger partial charge in [0.2, 0.25) is 0 Å². The van der Waals surface area contributed by atoms with Crippen molar-refractivity contribution in [3.8, 4) is 5.75 Å². The van der Waals surface area contributed by atoms with Gasteiger partial charge in [-0.3, -0.25) is 4.79 Å². The van der Waals surface area contributed by atoms with Crippen LogP contribution in [0.5, 0.6) is 5.75 Å². The number of ether oxygens (including phenoxy) is 1. The van der Waals surface area contributed by atoms with E-state index >= 15 is 0 Å². The molecule has 0 amide bonds. The van der Waals surface area contributed by atoms with Gasteiger partial charge < -0.3 is 14.9 Å². The van der Waals surface area contributed by atoms with Gasteiger partial charge in [0.15, 0.2) is 0 Å². The molecule has 5 nitrogen and oxygen atoms in total. The normalized spacial score (nSPS) is 10.4. The van der Waals surface area contributed by atoms with Crippen molar-refractivity contribution in [1.29, 1.82) is 0 Å². The summed E-state index contributed by atoms with van der Waals surface area (Å²) in [5.74, 6) is -1.15. The summed E-state index contributed by atoms with van der Waals surface area (Å²) in [5.41, 5.74) is 0.0634. The molecule has 0 saturated heterocycles. The maximum absolute atomic E-state index is 11.7. The highest BCUT2D eigenvalue weighted by Crippen LogP contribution is 2.17. The summed E-state index contributed by atoms with van der Waals surface area (Å²) in [6.45, 7) is 3.94. The minimum atomic E-state index is -0.873. The molecule has 134 valence electrons. The Bertz CT molecular complexity index is 640. The third-order valence-electron chi connectivity index (χ3n) is 3.79. The van der Waals surface area contributed by atoms with E-state index in [2.05, 4.69) is 0 Å². The maximum Gasteiger partial charge on any atom is 0.385 e. The highest BCUT2D eigenvalue weighted by molar-refractivity contribution is 6.41. The van der Waals surface area contributed by atoms with Crippen LogP contribution in [0.3, 0.4) is 0 Å². The minimum Gasteiger partial charge on any atom is -0.421 e. The molecule has 0 aliphatic carbocycles. The van der Waals surface area contributed by atoms with Crippen molar-refractivity contribution in [1.82, 2.24) is 0 Å². The van der Waals surface area contributed by atoms with Gasteiger partial charge in [0.05, 0.1) is 13.2 Å². The van der Waals surface area contributed by atoms with Gasteiger partial charge >= 0.3 is 5.97 Å². The summed E-state index contributed by atoms with van der Waals surface area (Å²) in [5, 5.41) is 17.3. The smallest absolute Gasteiger partial charge is 0.385 e. The second-order valence-electron chi connectivity index (χ2n) is 5.88. The molecule has 0 spiro atoms. The summed E-state index contributed by atoms with van der Waals surface area (Å²) in [6, 6.07) is 16.8. The zero-order valence-corrected chi connectivity index (χ0v) is 14.5. The molecule has 0 atom stereocenters. The van der Waals surface area contributed by atoms with Gasteiger partial charge in [0.1, 0.15) is 5.75 Å². The van der Waals surface area contributed by atoms with Crippen LogP contribution < -0.4 is 4.74 Å². The van der Waals surface area contributed by atoms with Crippen LogP contribution in [0, 0.1) is 5.41 Å². The standard InChI is InChI=1S/C14H10O3.C6H14O2/c15-13(11-7-3-1-4-8-11)14(16)17-12-9-5-2-6-10-12;1-3-6(2,4-7)5-8/h1-10H;7-8H,3-5H2,1-2H3. The number of aliphatic hydroxyl groups is 2. The van der Waals surface area contributed by atoms with Crippen molar-refractivity contribution in [2.24, 2.45) is 5.41 Å². The number of carbonyl (C=O) groups excluding carboxylic acids is 2. The molecule has 0 unspecified atom stereocenters. The quantitative estimate of drug-likeness (QED) is 0.364. The molecule has 0 aromatic heterocycles. The predicted molar refractivity (Wildman–Crippen MR) is 95.4 cm³/mol. The number of benzene rings is 2. The number of ketones is 1. The van der Waals surface area contributed by atoms with Crippen LogP contribution in [0.1, 0.15) is 30.6 Å².